The SMILES string of the molecule is COCCNC(=O)Nc1ccc2c(c1)cc1n2C(CC(=O)NC2CCC(C)CC2)CNC1=O. The molecule has 1 unspecified atom stereocenters. The number of rotatable bonds is 7. The normalized spacial score (nSPS) is 22.4. The summed E-state index contributed by atoms with van der Waals surface area (Å²) in [6, 6.07) is 7.11. The summed E-state index contributed by atoms with van der Waals surface area (Å²) in [4.78, 5) is 37.3. The van der Waals surface area contributed by atoms with E-state index in [9.17, 15) is 14.4 Å². The van der Waals surface area contributed by atoms with Crippen molar-refractivity contribution in [3.05, 3.63) is 30.0 Å². The molecule has 33 heavy (non-hydrogen) atoms. The quantitative estimate of drug-likeness (QED) is 0.481. The zero-order valence-electron chi connectivity index (χ0n) is 19.3. The lowest BCUT2D eigenvalue weighted by molar-refractivity contribution is -0.122. The van der Waals surface area contributed by atoms with Gasteiger partial charge in [-0.1, -0.05) is 6.92 Å². The Bertz CT molecular complexity index is 1030. The minimum Gasteiger partial charge on any atom is -0.383 e. The first-order chi connectivity index (χ1) is 15.9. The highest BCUT2D eigenvalue weighted by Crippen LogP contribution is 2.30. The molecule has 1 saturated carbocycles. The number of hydrogen-bond donors (Lipinski definition) is 4. The van der Waals surface area contributed by atoms with E-state index in [1.807, 2.05) is 22.8 Å². The van der Waals surface area contributed by atoms with Crippen LogP contribution in [-0.4, -0.2) is 55.3 Å². The second-order valence-electron chi connectivity index (χ2n) is 9.14. The zero-order chi connectivity index (χ0) is 23.4. The van der Waals surface area contributed by atoms with E-state index in [-0.39, 0.29) is 29.9 Å². The standard InChI is InChI=1S/C24H33N5O4/c1-15-3-5-17(6-4-15)27-22(30)13-19-14-26-23(31)21-12-16-11-18(7-8-20(16)29(19)21)28-24(32)25-9-10-33-2/h7-8,11-12,15,17,19H,3-6,9-10,13-14H2,1-2H3,(H,26,31)(H,27,30)(H2,25,28,32). The Kier molecular flexibility index (Phi) is 7.17. The first-order valence-electron chi connectivity index (χ1n) is 11.7. The fourth-order valence-corrected chi connectivity index (χ4v) is 4.78. The Balaban J connectivity index is 1.47. The summed E-state index contributed by atoms with van der Waals surface area (Å²) < 4.78 is 6.89. The van der Waals surface area contributed by atoms with Gasteiger partial charge < -0.3 is 30.6 Å². The summed E-state index contributed by atoms with van der Waals surface area (Å²) in [7, 11) is 1.58. The molecule has 9 heteroatoms. The van der Waals surface area contributed by atoms with E-state index in [2.05, 4.69) is 28.2 Å². The van der Waals surface area contributed by atoms with Crippen LogP contribution in [0, 0.1) is 5.92 Å². The van der Waals surface area contributed by atoms with Gasteiger partial charge in [0.25, 0.3) is 5.91 Å². The zero-order valence-corrected chi connectivity index (χ0v) is 19.3. The molecule has 9 nitrogen and oxygen atoms in total. The Morgan fingerprint density at radius 3 is 2.73 bits per heavy atom. The van der Waals surface area contributed by atoms with Crippen molar-refractivity contribution >= 4 is 34.4 Å². The third kappa shape index (κ3) is 5.47. The number of nitrogens with zero attached hydrogens (tertiary/aromatic N) is 1. The number of ether oxygens (including phenoxy) is 1. The third-order valence-electron chi connectivity index (χ3n) is 6.59. The van der Waals surface area contributed by atoms with Crippen LogP contribution in [0.1, 0.15) is 55.6 Å². The predicted octanol–water partition coefficient (Wildman–Crippen LogP) is 2.78. The number of hydrogen-bond acceptors (Lipinski definition) is 4. The molecule has 1 fully saturated rings. The molecule has 0 bridgehead atoms. The maximum atomic E-state index is 12.8. The van der Waals surface area contributed by atoms with E-state index in [1.165, 1.54) is 0 Å². The van der Waals surface area contributed by atoms with Crippen molar-refractivity contribution in [2.75, 3.05) is 32.1 Å². The smallest absolute Gasteiger partial charge is 0.319 e. The Labute approximate surface area is 193 Å². The summed E-state index contributed by atoms with van der Waals surface area (Å²) in [5.74, 6) is 0.599. The summed E-state index contributed by atoms with van der Waals surface area (Å²) in [6.07, 6.45) is 4.67. The summed E-state index contributed by atoms with van der Waals surface area (Å²) in [5, 5.41) is 12.4. The van der Waals surface area contributed by atoms with Gasteiger partial charge in [0.05, 0.1) is 12.6 Å². The molecule has 1 aromatic carbocycles. The van der Waals surface area contributed by atoms with Gasteiger partial charge in [-0.05, 0) is 55.9 Å². The number of amides is 4. The molecule has 2 aromatic rings. The van der Waals surface area contributed by atoms with Crippen LogP contribution >= 0.6 is 0 Å². The molecule has 2 heterocycles. The molecule has 1 aliphatic heterocycles. The molecule has 1 aliphatic carbocycles. The van der Waals surface area contributed by atoms with Crippen LogP contribution in [0.2, 0.25) is 0 Å². The van der Waals surface area contributed by atoms with Crippen LogP contribution in [0.5, 0.6) is 0 Å². The van der Waals surface area contributed by atoms with E-state index in [1.54, 1.807) is 13.2 Å². The predicted molar refractivity (Wildman–Crippen MR) is 126 cm³/mol. The van der Waals surface area contributed by atoms with Gasteiger partial charge in [-0.2, -0.15) is 0 Å². The molecule has 4 rings (SSSR count). The molecular weight excluding hydrogens is 422 g/mol. The lowest BCUT2D eigenvalue weighted by Gasteiger charge is -2.30. The maximum Gasteiger partial charge on any atom is 0.319 e. The fourth-order valence-electron chi connectivity index (χ4n) is 4.78. The number of fused-ring (bicyclic) bond motifs is 3. The first kappa shape index (κ1) is 23.1. The molecule has 1 atom stereocenters. The minimum atomic E-state index is -0.320. The van der Waals surface area contributed by atoms with Gasteiger partial charge in [-0.25, -0.2) is 4.79 Å². The van der Waals surface area contributed by atoms with Crippen LogP contribution < -0.4 is 21.3 Å². The van der Waals surface area contributed by atoms with E-state index in [0.29, 0.717) is 37.5 Å². The highest BCUT2D eigenvalue weighted by molar-refractivity contribution is 6.01. The fraction of sp³-hybridized carbons (Fsp3) is 0.542. The van der Waals surface area contributed by atoms with Crippen LogP contribution in [0.15, 0.2) is 24.3 Å². The molecule has 178 valence electrons. The van der Waals surface area contributed by atoms with Gasteiger partial charge in [-0.3, -0.25) is 9.59 Å². The van der Waals surface area contributed by atoms with Crippen LogP contribution in [0.25, 0.3) is 10.9 Å². The van der Waals surface area contributed by atoms with Crippen molar-refractivity contribution in [2.24, 2.45) is 5.92 Å². The van der Waals surface area contributed by atoms with Gasteiger partial charge in [0.2, 0.25) is 5.91 Å². The average molecular weight is 456 g/mol. The minimum absolute atomic E-state index is 0.0227. The Morgan fingerprint density at radius 1 is 1.18 bits per heavy atom. The molecule has 4 amide bonds. The van der Waals surface area contributed by atoms with Crippen LogP contribution in [0.4, 0.5) is 10.5 Å². The van der Waals surface area contributed by atoms with E-state index >= 15 is 0 Å². The summed E-state index contributed by atoms with van der Waals surface area (Å²) in [5.41, 5.74) is 2.03. The maximum absolute atomic E-state index is 12.8. The lowest BCUT2D eigenvalue weighted by atomic mass is 9.87. The lowest BCUT2D eigenvalue weighted by Crippen LogP contribution is -2.43. The van der Waals surface area contributed by atoms with Gasteiger partial charge >= 0.3 is 6.03 Å². The number of urea groups is 1. The number of aromatic nitrogens is 1. The number of anilines is 1. The number of benzene rings is 1. The number of nitrogens with one attached hydrogen (secondary N) is 4. The van der Waals surface area contributed by atoms with Crippen molar-refractivity contribution in [1.82, 2.24) is 20.5 Å². The molecule has 1 aromatic heterocycles. The van der Waals surface area contributed by atoms with E-state index in [0.717, 1.165) is 42.5 Å². The van der Waals surface area contributed by atoms with Crippen LogP contribution in [0.3, 0.4) is 0 Å². The molecule has 0 radical (unpaired) electrons. The second kappa shape index (κ2) is 10.2. The molecule has 0 saturated heterocycles. The molecule has 4 N–H and O–H groups in total. The van der Waals surface area contributed by atoms with Crippen LogP contribution in [-0.2, 0) is 9.53 Å². The number of carbonyl (C=O) groups is 3. The third-order valence-corrected chi connectivity index (χ3v) is 6.59. The summed E-state index contributed by atoms with van der Waals surface area (Å²) >= 11 is 0. The topological polar surface area (TPSA) is 113 Å². The average Bonchev–Trinajstić information content (AvgIpc) is 3.17. The van der Waals surface area contributed by atoms with Crippen molar-refractivity contribution in [1.29, 1.82) is 0 Å². The highest BCUT2D eigenvalue weighted by atomic mass is 16.5. The Morgan fingerprint density at radius 2 is 1.97 bits per heavy atom. The van der Waals surface area contributed by atoms with Crippen molar-refractivity contribution in [3.8, 4) is 0 Å². The van der Waals surface area contributed by atoms with E-state index in [4.69, 9.17) is 4.74 Å². The Hall–Kier alpha value is -3.07. The second-order valence-corrected chi connectivity index (χ2v) is 9.14. The number of carbonyl (C=O) groups excluding carboxylic acids is 3. The van der Waals surface area contributed by atoms with Gasteiger partial charge in [-0.15, -0.1) is 0 Å². The molecule has 0 spiro atoms. The van der Waals surface area contributed by atoms with Crippen molar-refractivity contribution in [3.63, 3.8) is 0 Å². The number of methoxy groups -OCH3 is 1. The van der Waals surface area contributed by atoms with Gasteiger partial charge in [0, 0.05) is 49.3 Å². The molecular formula is C24H33N5O4. The van der Waals surface area contributed by atoms with Gasteiger partial charge in [0.15, 0.2) is 0 Å². The first-order valence-corrected chi connectivity index (χ1v) is 11.7. The van der Waals surface area contributed by atoms with Gasteiger partial charge in [0.1, 0.15) is 5.69 Å². The van der Waals surface area contributed by atoms with Crippen molar-refractivity contribution < 1.29 is 19.1 Å². The van der Waals surface area contributed by atoms with Crippen molar-refractivity contribution in [2.45, 2.75) is 51.1 Å². The summed E-state index contributed by atoms with van der Waals surface area (Å²) in [6.45, 7) is 3.51. The molecule has 2 aliphatic rings. The highest BCUT2D eigenvalue weighted by Gasteiger charge is 2.29. The van der Waals surface area contributed by atoms with E-state index < -0.39 is 0 Å². The largest absolute Gasteiger partial charge is 0.383 e. The monoisotopic (exact) mass is 455 g/mol.